The second kappa shape index (κ2) is 5.82. The van der Waals surface area contributed by atoms with E-state index in [4.69, 9.17) is 16.9 Å². The molecule has 0 radical (unpaired) electrons. The molecule has 1 nitrogen and oxygen atoms in total. The Labute approximate surface area is 64.4 Å². The number of halogens is 1. The van der Waals surface area contributed by atoms with Gasteiger partial charge in [-0.1, -0.05) is 11.8 Å². The van der Waals surface area contributed by atoms with Crippen LogP contribution >= 0.6 is 23.4 Å². The molecule has 9 heavy (non-hydrogen) atoms. The highest BCUT2D eigenvalue weighted by Crippen LogP contribution is 2.04. The highest BCUT2D eigenvalue weighted by atomic mass is 35.5. The first-order valence-corrected chi connectivity index (χ1v) is 3.81. The first-order valence-electron chi connectivity index (χ1n) is 2.40. The molecule has 0 aliphatic heterocycles. The molecule has 0 N–H and O–H groups in total. The van der Waals surface area contributed by atoms with Crippen molar-refractivity contribution < 1.29 is 0 Å². The Kier molecular flexibility index (Phi) is 5.62. The topological polar surface area (TPSA) is 23.8 Å². The second-order valence-electron chi connectivity index (χ2n) is 1.31. The van der Waals surface area contributed by atoms with E-state index in [-0.39, 0.29) is 5.25 Å². The van der Waals surface area contributed by atoms with Crippen molar-refractivity contribution in [3.8, 4) is 17.2 Å². The lowest BCUT2D eigenvalue weighted by Crippen LogP contribution is -1.86. The predicted octanol–water partition coefficient (Wildman–Crippen LogP) is 1.83. The zero-order valence-corrected chi connectivity index (χ0v) is 6.59. The van der Waals surface area contributed by atoms with Crippen molar-refractivity contribution in [2.75, 3.05) is 5.88 Å². The normalized spacial score (nSPS) is 10.8. The van der Waals surface area contributed by atoms with E-state index in [1.165, 1.54) is 0 Å². The summed E-state index contributed by atoms with van der Waals surface area (Å²) < 4.78 is 0. The van der Waals surface area contributed by atoms with Crippen LogP contribution in [0.1, 0.15) is 6.92 Å². The van der Waals surface area contributed by atoms with E-state index in [1.54, 1.807) is 0 Å². The molecule has 3 heteroatoms. The Morgan fingerprint density at radius 3 is 2.89 bits per heavy atom. The van der Waals surface area contributed by atoms with Crippen molar-refractivity contribution in [3.63, 3.8) is 0 Å². The Morgan fingerprint density at radius 2 is 2.44 bits per heavy atom. The van der Waals surface area contributed by atoms with Crippen LogP contribution in [-0.2, 0) is 0 Å². The van der Waals surface area contributed by atoms with Gasteiger partial charge in [-0.2, -0.15) is 5.26 Å². The molecule has 0 saturated heterocycles. The van der Waals surface area contributed by atoms with Crippen LogP contribution in [0.4, 0.5) is 0 Å². The third-order valence-electron chi connectivity index (χ3n) is 0.602. The summed E-state index contributed by atoms with van der Waals surface area (Å²) in [4.78, 5) is 0. The minimum absolute atomic E-state index is 0.0775. The molecule has 0 spiro atoms. The van der Waals surface area contributed by atoms with E-state index < -0.39 is 0 Å². The molecule has 1 atom stereocenters. The molecule has 0 aliphatic rings. The van der Waals surface area contributed by atoms with Crippen LogP contribution in [-0.4, -0.2) is 11.1 Å². The van der Waals surface area contributed by atoms with Gasteiger partial charge >= 0.3 is 0 Å². The number of thiocyanates is 1. The first kappa shape index (κ1) is 8.69. The van der Waals surface area contributed by atoms with Crippen molar-refractivity contribution >= 4 is 23.4 Å². The van der Waals surface area contributed by atoms with Gasteiger partial charge in [0.25, 0.3) is 0 Å². The summed E-state index contributed by atoms with van der Waals surface area (Å²) in [5.41, 5.74) is 0. The van der Waals surface area contributed by atoms with Crippen molar-refractivity contribution in [1.29, 1.82) is 5.26 Å². The molecular weight excluding hydrogens is 154 g/mol. The lowest BCUT2D eigenvalue weighted by atomic mass is 10.5. The van der Waals surface area contributed by atoms with Crippen LogP contribution in [0.3, 0.4) is 0 Å². The van der Waals surface area contributed by atoms with Gasteiger partial charge in [-0.05, 0) is 18.7 Å². The van der Waals surface area contributed by atoms with Crippen molar-refractivity contribution in [2.24, 2.45) is 0 Å². The van der Waals surface area contributed by atoms with Crippen LogP contribution < -0.4 is 0 Å². The van der Waals surface area contributed by atoms with Gasteiger partial charge in [-0.3, -0.25) is 0 Å². The maximum atomic E-state index is 8.15. The molecule has 0 aromatic rings. The summed E-state index contributed by atoms with van der Waals surface area (Å²) in [6, 6.07) is 0. The number of rotatable bonds is 1. The van der Waals surface area contributed by atoms with E-state index in [0.29, 0.717) is 5.88 Å². The summed E-state index contributed by atoms with van der Waals surface area (Å²) in [6.07, 6.45) is 0. The van der Waals surface area contributed by atoms with E-state index in [0.717, 1.165) is 11.8 Å². The van der Waals surface area contributed by atoms with Gasteiger partial charge in [0, 0.05) is 0 Å². The fourth-order valence-electron chi connectivity index (χ4n) is 0.291. The zero-order valence-electron chi connectivity index (χ0n) is 5.02. The van der Waals surface area contributed by atoms with Crippen molar-refractivity contribution in [3.05, 3.63) is 0 Å². The number of alkyl halides is 1. The third-order valence-corrected chi connectivity index (χ3v) is 1.31. The lowest BCUT2D eigenvalue weighted by Gasteiger charge is -1.89. The third kappa shape index (κ3) is 5.56. The molecule has 0 aromatic carbocycles. The molecule has 0 bridgehead atoms. The summed E-state index contributed by atoms with van der Waals surface area (Å²) >= 11 is 6.42. The number of nitrogens with zero attached hydrogens (tertiary/aromatic N) is 1. The average Bonchev–Trinajstić information content (AvgIpc) is 1.85. The summed E-state index contributed by atoms with van der Waals surface area (Å²) in [7, 11) is 0. The first-order chi connectivity index (χ1) is 4.31. The Bertz CT molecular complexity index is 162. The average molecular weight is 160 g/mol. The molecule has 0 heterocycles. The van der Waals surface area contributed by atoms with Crippen LogP contribution in [0.25, 0.3) is 0 Å². The standard InChI is InChI=1S/C6H6ClNS/c1-6(9-5-8)3-2-4-7/h6H,4H2,1H3. The second-order valence-corrected chi connectivity index (χ2v) is 2.70. The summed E-state index contributed by atoms with van der Waals surface area (Å²) in [5, 5.41) is 10.2. The quantitative estimate of drug-likeness (QED) is 0.331. The molecule has 0 rings (SSSR count). The van der Waals surface area contributed by atoms with E-state index >= 15 is 0 Å². The molecule has 48 valence electrons. The van der Waals surface area contributed by atoms with Gasteiger partial charge in [0.15, 0.2) is 0 Å². The Morgan fingerprint density at radius 1 is 1.78 bits per heavy atom. The Balaban J connectivity index is 3.51. The van der Waals surface area contributed by atoms with E-state index in [1.807, 2.05) is 12.3 Å². The van der Waals surface area contributed by atoms with Crippen molar-refractivity contribution in [1.82, 2.24) is 0 Å². The fraction of sp³-hybridized carbons (Fsp3) is 0.500. The number of nitriles is 1. The number of hydrogen-bond donors (Lipinski definition) is 0. The van der Waals surface area contributed by atoms with Gasteiger partial charge in [-0.25, -0.2) is 0 Å². The smallest absolute Gasteiger partial charge is 0.134 e. The van der Waals surface area contributed by atoms with E-state index in [9.17, 15) is 0 Å². The molecule has 0 aromatic heterocycles. The van der Waals surface area contributed by atoms with Crippen LogP contribution in [0, 0.1) is 22.5 Å². The maximum Gasteiger partial charge on any atom is 0.134 e. The highest BCUT2D eigenvalue weighted by molar-refractivity contribution is 8.04. The fourth-order valence-corrected chi connectivity index (χ4v) is 0.668. The number of thioether (sulfide) groups is 1. The maximum absolute atomic E-state index is 8.15. The van der Waals surface area contributed by atoms with Crippen LogP contribution in [0.5, 0.6) is 0 Å². The number of hydrogen-bond acceptors (Lipinski definition) is 2. The zero-order chi connectivity index (χ0) is 7.11. The molecule has 0 fully saturated rings. The summed E-state index contributed by atoms with van der Waals surface area (Å²) in [6.45, 7) is 1.87. The molecular formula is C6H6ClNS. The molecule has 0 amide bonds. The van der Waals surface area contributed by atoms with Crippen LogP contribution in [0.15, 0.2) is 0 Å². The molecule has 0 aliphatic carbocycles. The lowest BCUT2D eigenvalue weighted by molar-refractivity contribution is 1.31. The largest absolute Gasteiger partial charge is 0.185 e. The van der Waals surface area contributed by atoms with Crippen molar-refractivity contribution in [2.45, 2.75) is 12.2 Å². The van der Waals surface area contributed by atoms with Gasteiger partial charge in [-0.15, -0.1) is 11.6 Å². The minimum atomic E-state index is 0.0775. The van der Waals surface area contributed by atoms with Gasteiger partial charge in [0.05, 0.1) is 11.1 Å². The highest BCUT2D eigenvalue weighted by Gasteiger charge is 1.92. The van der Waals surface area contributed by atoms with Gasteiger partial charge < -0.3 is 0 Å². The predicted molar refractivity (Wildman–Crippen MR) is 41.2 cm³/mol. The minimum Gasteiger partial charge on any atom is -0.185 e. The SMILES string of the molecule is CC(C#CCCl)SC#N. The van der Waals surface area contributed by atoms with Crippen LogP contribution in [0.2, 0.25) is 0 Å². The molecule has 1 unspecified atom stereocenters. The monoisotopic (exact) mass is 159 g/mol. The van der Waals surface area contributed by atoms with Gasteiger partial charge in [0.2, 0.25) is 0 Å². The van der Waals surface area contributed by atoms with E-state index in [2.05, 4.69) is 11.8 Å². The Hall–Kier alpha value is -0.310. The molecule has 0 saturated carbocycles. The summed E-state index contributed by atoms with van der Waals surface area (Å²) in [5.74, 6) is 5.81. The van der Waals surface area contributed by atoms with Gasteiger partial charge in [0.1, 0.15) is 5.40 Å².